The van der Waals surface area contributed by atoms with Gasteiger partial charge in [0.25, 0.3) is 0 Å². The summed E-state index contributed by atoms with van der Waals surface area (Å²) in [6.45, 7) is 6.64. The molecule has 1 fully saturated rings. The van der Waals surface area contributed by atoms with Crippen molar-refractivity contribution in [2.75, 3.05) is 0 Å². The lowest BCUT2D eigenvalue weighted by molar-refractivity contribution is 0.368. The van der Waals surface area contributed by atoms with Gasteiger partial charge in [-0.25, -0.2) is 0 Å². The quantitative estimate of drug-likeness (QED) is 0.361. The van der Waals surface area contributed by atoms with Gasteiger partial charge in [-0.05, 0) is 24.2 Å². The van der Waals surface area contributed by atoms with Crippen LogP contribution in [0.15, 0.2) is 10.2 Å². The van der Waals surface area contributed by atoms with E-state index in [1.54, 1.807) is 0 Å². The average molecular weight is 182 g/mol. The Labute approximate surface area is 79.1 Å². The highest BCUT2D eigenvalue weighted by Gasteiger charge is 2.33. The van der Waals surface area contributed by atoms with E-state index < -0.39 is 0 Å². The summed E-state index contributed by atoms with van der Waals surface area (Å²) in [5.41, 5.74) is 11.9. The van der Waals surface area contributed by atoms with E-state index in [1.807, 2.05) is 0 Å². The summed E-state index contributed by atoms with van der Waals surface area (Å²) in [4.78, 5) is 0. The molecule has 74 valence electrons. The molecule has 1 atom stereocenters. The van der Waals surface area contributed by atoms with Crippen molar-refractivity contribution in [1.82, 2.24) is 0 Å². The lowest BCUT2D eigenvalue weighted by Crippen LogP contribution is -2.22. The number of nitrogens with zero attached hydrogens (tertiary/aromatic N) is 2. The predicted octanol–water partition coefficient (Wildman–Crippen LogP) is 1.07. The third-order valence-corrected chi connectivity index (χ3v) is 2.38. The fraction of sp³-hybridized carbons (Fsp3) is 0.778. The number of guanidine groups is 1. The highest BCUT2D eigenvalue weighted by Crippen LogP contribution is 2.38. The average Bonchev–Trinajstić information content (AvgIpc) is 2.20. The summed E-state index contributed by atoms with van der Waals surface area (Å²) < 4.78 is 0. The van der Waals surface area contributed by atoms with Crippen LogP contribution in [-0.2, 0) is 0 Å². The molecule has 1 unspecified atom stereocenters. The maximum Gasteiger partial charge on any atom is 0.211 e. The van der Waals surface area contributed by atoms with E-state index in [0.29, 0.717) is 11.3 Å². The minimum absolute atomic E-state index is 0.0319. The van der Waals surface area contributed by atoms with Gasteiger partial charge in [0.1, 0.15) is 0 Å². The van der Waals surface area contributed by atoms with E-state index in [-0.39, 0.29) is 5.96 Å². The summed E-state index contributed by atoms with van der Waals surface area (Å²) in [6.07, 6.45) is 2.15. The zero-order chi connectivity index (χ0) is 10.1. The second-order valence-corrected chi connectivity index (χ2v) is 4.56. The standard InChI is InChI=1S/C9H18N4/c1-6-4-9(2,3)5-7(6)12-13-8(10)11/h6H,4-5H2,1-3H3,(H4,10,11,13)/b12-7+. The van der Waals surface area contributed by atoms with E-state index >= 15 is 0 Å². The first-order valence-electron chi connectivity index (χ1n) is 4.56. The maximum absolute atomic E-state index is 5.20. The molecule has 1 saturated carbocycles. The Bertz CT molecular complexity index is 248. The molecule has 0 bridgehead atoms. The van der Waals surface area contributed by atoms with Crippen molar-refractivity contribution in [2.24, 2.45) is 33.0 Å². The fourth-order valence-corrected chi connectivity index (χ4v) is 1.94. The van der Waals surface area contributed by atoms with Crippen molar-refractivity contribution in [1.29, 1.82) is 0 Å². The SMILES string of the molecule is CC1CC(C)(C)C/C1=N\N=C(N)N. The zero-order valence-corrected chi connectivity index (χ0v) is 8.54. The molecule has 4 heteroatoms. The monoisotopic (exact) mass is 182 g/mol. The first-order valence-corrected chi connectivity index (χ1v) is 4.56. The van der Waals surface area contributed by atoms with Gasteiger partial charge >= 0.3 is 0 Å². The van der Waals surface area contributed by atoms with Gasteiger partial charge < -0.3 is 11.5 Å². The second kappa shape index (κ2) is 3.36. The van der Waals surface area contributed by atoms with Gasteiger partial charge in [-0.15, -0.1) is 5.10 Å². The topological polar surface area (TPSA) is 76.8 Å². The van der Waals surface area contributed by atoms with Crippen molar-refractivity contribution >= 4 is 11.7 Å². The van der Waals surface area contributed by atoms with Gasteiger partial charge in [0.2, 0.25) is 5.96 Å². The Hall–Kier alpha value is -1.06. The summed E-state index contributed by atoms with van der Waals surface area (Å²) in [7, 11) is 0. The Morgan fingerprint density at radius 2 is 2.08 bits per heavy atom. The summed E-state index contributed by atoms with van der Waals surface area (Å²) >= 11 is 0. The van der Waals surface area contributed by atoms with E-state index in [9.17, 15) is 0 Å². The van der Waals surface area contributed by atoms with Crippen LogP contribution in [0.4, 0.5) is 0 Å². The van der Waals surface area contributed by atoms with Crippen molar-refractivity contribution in [2.45, 2.75) is 33.6 Å². The van der Waals surface area contributed by atoms with E-state index in [2.05, 4.69) is 31.0 Å². The molecule has 0 amide bonds. The lowest BCUT2D eigenvalue weighted by Gasteiger charge is -2.14. The molecular formula is C9H18N4. The molecule has 0 saturated heterocycles. The second-order valence-electron chi connectivity index (χ2n) is 4.56. The molecule has 1 rings (SSSR count). The van der Waals surface area contributed by atoms with Crippen LogP contribution in [0.2, 0.25) is 0 Å². The van der Waals surface area contributed by atoms with Crippen LogP contribution in [0.25, 0.3) is 0 Å². The Kier molecular flexibility index (Phi) is 2.59. The fourth-order valence-electron chi connectivity index (χ4n) is 1.94. The normalized spacial score (nSPS) is 29.2. The molecule has 0 aromatic carbocycles. The molecule has 0 aromatic heterocycles. The number of nitrogens with two attached hydrogens (primary N) is 2. The molecule has 13 heavy (non-hydrogen) atoms. The van der Waals surface area contributed by atoms with Crippen molar-refractivity contribution in [3.8, 4) is 0 Å². The van der Waals surface area contributed by atoms with Crippen molar-refractivity contribution in [3.05, 3.63) is 0 Å². The molecule has 1 aliphatic carbocycles. The minimum Gasteiger partial charge on any atom is -0.369 e. The van der Waals surface area contributed by atoms with Gasteiger partial charge in [-0.2, -0.15) is 5.10 Å². The zero-order valence-electron chi connectivity index (χ0n) is 8.54. The molecule has 0 radical (unpaired) electrons. The van der Waals surface area contributed by atoms with Gasteiger partial charge in [0.15, 0.2) is 0 Å². The molecule has 4 N–H and O–H groups in total. The first-order chi connectivity index (χ1) is 5.91. The van der Waals surface area contributed by atoms with E-state index in [4.69, 9.17) is 11.5 Å². The number of hydrogen-bond donors (Lipinski definition) is 2. The Morgan fingerprint density at radius 1 is 1.46 bits per heavy atom. The largest absolute Gasteiger partial charge is 0.369 e. The maximum atomic E-state index is 5.20. The van der Waals surface area contributed by atoms with Crippen LogP contribution >= 0.6 is 0 Å². The van der Waals surface area contributed by atoms with Crippen LogP contribution in [0.1, 0.15) is 33.6 Å². The number of hydrogen-bond acceptors (Lipinski definition) is 2. The molecule has 0 aromatic rings. The van der Waals surface area contributed by atoms with E-state index in [0.717, 1.165) is 18.6 Å². The van der Waals surface area contributed by atoms with E-state index in [1.165, 1.54) is 0 Å². The minimum atomic E-state index is 0.0319. The lowest BCUT2D eigenvalue weighted by atomic mass is 9.91. The molecular weight excluding hydrogens is 164 g/mol. The Morgan fingerprint density at radius 3 is 2.46 bits per heavy atom. The highest BCUT2D eigenvalue weighted by atomic mass is 15.3. The predicted molar refractivity (Wildman–Crippen MR) is 55.4 cm³/mol. The van der Waals surface area contributed by atoms with Crippen molar-refractivity contribution < 1.29 is 0 Å². The van der Waals surface area contributed by atoms with Crippen molar-refractivity contribution in [3.63, 3.8) is 0 Å². The summed E-state index contributed by atoms with van der Waals surface area (Å²) in [5.74, 6) is 0.530. The highest BCUT2D eigenvalue weighted by molar-refractivity contribution is 5.89. The van der Waals surface area contributed by atoms with Gasteiger partial charge in [0, 0.05) is 5.71 Å². The third-order valence-electron chi connectivity index (χ3n) is 2.38. The van der Waals surface area contributed by atoms with Crippen LogP contribution in [0.3, 0.4) is 0 Å². The van der Waals surface area contributed by atoms with Crippen LogP contribution in [0.5, 0.6) is 0 Å². The summed E-state index contributed by atoms with van der Waals surface area (Å²) in [5, 5.41) is 7.74. The van der Waals surface area contributed by atoms with Gasteiger partial charge in [0.05, 0.1) is 0 Å². The molecule has 0 aliphatic heterocycles. The first kappa shape index (κ1) is 10.0. The molecule has 0 spiro atoms. The smallest absolute Gasteiger partial charge is 0.211 e. The van der Waals surface area contributed by atoms with Gasteiger partial charge in [-0.1, -0.05) is 20.8 Å². The Balaban J connectivity index is 2.73. The molecule has 0 heterocycles. The molecule has 4 nitrogen and oxygen atoms in total. The number of rotatable bonds is 1. The van der Waals surface area contributed by atoms with Crippen LogP contribution in [-0.4, -0.2) is 11.7 Å². The van der Waals surface area contributed by atoms with Crippen LogP contribution in [0, 0.1) is 11.3 Å². The summed E-state index contributed by atoms with van der Waals surface area (Å²) in [6, 6.07) is 0. The third kappa shape index (κ3) is 2.72. The molecule has 1 aliphatic rings. The van der Waals surface area contributed by atoms with Gasteiger partial charge in [-0.3, -0.25) is 0 Å². The van der Waals surface area contributed by atoms with Crippen LogP contribution < -0.4 is 11.5 Å².